The molecule has 0 radical (unpaired) electrons. The summed E-state index contributed by atoms with van der Waals surface area (Å²) in [7, 11) is 0. The topological polar surface area (TPSA) is 56.5 Å². The van der Waals surface area contributed by atoms with Crippen LogP contribution in [0.25, 0.3) is 0 Å². The van der Waals surface area contributed by atoms with E-state index in [1.165, 1.54) is 16.7 Å². The molecule has 0 aliphatic carbocycles. The van der Waals surface area contributed by atoms with Crippen molar-refractivity contribution in [3.63, 3.8) is 0 Å². The van der Waals surface area contributed by atoms with Gasteiger partial charge in [-0.15, -0.1) is 0 Å². The molecule has 1 aliphatic rings. The Morgan fingerprint density at radius 2 is 1.19 bits per heavy atom. The van der Waals surface area contributed by atoms with Gasteiger partial charge < -0.3 is 20.5 Å². The van der Waals surface area contributed by atoms with Crippen molar-refractivity contribution in [3.8, 4) is 0 Å². The van der Waals surface area contributed by atoms with Crippen LogP contribution in [0.3, 0.4) is 0 Å². The van der Waals surface area contributed by atoms with Gasteiger partial charge in [0.1, 0.15) is 12.2 Å². The third-order valence-corrected chi connectivity index (χ3v) is 6.01. The van der Waals surface area contributed by atoms with E-state index in [0.717, 1.165) is 19.4 Å². The smallest absolute Gasteiger partial charge is 0.163 e. The van der Waals surface area contributed by atoms with Crippen molar-refractivity contribution >= 4 is 0 Å². The van der Waals surface area contributed by atoms with Crippen LogP contribution in [0.1, 0.15) is 30.5 Å². The molecule has 4 nitrogen and oxygen atoms in total. The second kappa shape index (κ2) is 10.4. The predicted molar refractivity (Wildman–Crippen MR) is 129 cm³/mol. The van der Waals surface area contributed by atoms with Crippen LogP contribution in [0.2, 0.25) is 0 Å². The van der Waals surface area contributed by atoms with Crippen LogP contribution in [0.4, 0.5) is 0 Å². The molecule has 4 atom stereocenters. The molecule has 4 rings (SSSR count). The zero-order valence-corrected chi connectivity index (χ0v) is 19.0. The normalized spacial score (nSPS) is 21.8. The van der Waals surface area contributed by atoms with E-state index in [1.807, 2.05) is 32.0 Å². The molecule has 0 saturated carbocycles. The Balaban J connectivity index is 1.55. The van der Waals surface area contributed by atoms with Gasteiger partial charge in [-0.1, -0.05) is 91.0 Å². The minimum atomic E-state index is -0.674. The molecule has 0 aromatic heterocycles. The maximum Gasteiger partial charge on any atom is 0.163 e. The molecule has 0 spiro atoms. The van der Waals surface area contributed by atoms with Crippen molar-refractivity contribution in [3.05, 3.63) is 108 Å². The van der Waals surface area contributed by atoms with Crippen molar-refractivity contribution in [2.45, 2.75) is 63.3 Å². The van der Waals surface area contributed by atoms with Gasteiger partial charge in [-0.2, -0.15) is 0 Å². The summed E-state index contributed by atoms with van der Waals surface area (Å²) in [6, 6.07) is 31.3. The fourth-order valence-corrected chi connectivity index (χ4v) is 4.48. The van der Waals surface area contributed by atoms with Gasteiger partial charge in [0.2, 0.25) is 0 Å². The first-order valence-electron chi connectivity index (χ1n) is 11.5. The van der Waals surface area contributed by atoms with Crippen LogP contribution >= 0.6 is 0 Å². The number of hydrogen-bond donors (Lipinski definition) is 2. The fraction of sp³-hybridized carbons (Fsp3) is 0.357. The van der Waals surface area contributed by atoms with Crippen molar-refractivity contribution < 1.29 is 9.47 Å². The molecule has 1 aliphatic heterocycles. The Morgan fingerprint density at radius 3 is 1.75 bits per heavy atom. The van der Waals surface area contributed by atoms with E-state index < -0.39 is 5.79 Å². The largest absolute Gasteiger partial charge is 0.343 e. The van der Waals surface area contributed by atoms with E-state index in [-0.39, 0.29) is 24.3 Å². The molecule has 4 heteroatoms. The highest BCUT2D eigenvalue weighted by atomic mass is 16.8. The Labute approximate surface area is 191 Å². The summed E-state index contributed by atoms with van der Waals surface area (Å²) in [4.78, 5) is 0. The molecule has 3 aromatic rings. The second-order valence-electron chi connectivity index (χ2n) is 9.08. The zero-order valence-electron chi connectivity index (χ0n) is 19.0. The highest BCUT2D eigenvalue weighted by Gasteiger charge is 2.47. The zero-order chi connectivity index (χ0) is 22.4. The standard InChI is InChI=1S/C28H34N2O2/c1-28(2)31-26(24(29)18-21-12-6-3-7-13-21)27(32-28)25(19-22-14-8-4-9-15-22)30-20-23-16-10-5-11-17-23/h3-17,24-27,30H,18-20,29H2,1-2H3. The van der Waals surface area contributed by atoms with E-state index in [9.17, 15) is 0 Å². The Kier molecular flexibility index (Phi) is 7.38. The summed E-state index contributed by atoms with van der Waals surface area (Å²) in [5, 5.41) is 3.75. The molecule has 32 heavy (non-hydrogen) atoms. The van der Waals surface area contributed by atoms with Crippen LogP contribution < -0.4 is 11.1 Å². The molecular formula is C28H34N2O2. The monoisotopic (exact) mass is 430 g/mol. The third-order valence-electron chi connectivity index (χ3n) is 6.01. The minimum absolute atomic E-state index is 0.0613. The summed E-state index contributed by atoms with van der Waals surface area (Å²) in [6.07, 6.45) is 1.22. The number of rotatable bonds is 9. The molecule has 3 N–H and O–H groups in total. The summed E-state index contributed by atoms with van der Waals surface area (Å²) in [6.45, 7) is 4.72. The van der Waals surface area contributed by atoms with E-state index >= 15 is 0 Å². The molecular weight excluding hydrogens is 396 g/mol. The summed E-state index contributed by atoms with van der Waals surface area (Å²) >= 11 is 0. The molecule has 0 bridgehead atoms. The predicted octanol–water partition coefficient (Wildman–Crippen LogP) is 4.48. The quantitative estimate of drug-likeness (QED) is 0.526. The number of hydrogen-bond acceptors (Lipinski definition) is 4. The van der Waals surface area contributed by atoms with Crippen LogP contribution in [0.15, 0.2) is 91.0 Å². The van der Waals surface area contributed by atoms with Gasteiger partial charge >= 0.3 is 0 Å². The lowest BCUT2D eigenvalue weighted by Gasteiger charge is -2.30. The van der Waals surface area contributed by atoms with Crippen molar-refractivity contribution in [2.75, 3.05) is 0 Å². The maximum atomic E-state index is 6.73. The lowest BCUT2D eigenvalue weighted by atomic mass is 9.91. The second-order valence-corrected chi connectivity index (χ2v) is 9.08. The van der Waals surface area contributed by atoms with Crippen LogP contribution in [-0.4, -0.2) is 30.1 Å². The Hall–Kier alpha value is -2.50. The number of nitrogens with two attached hydrogens (primary N) is 1. The van der Waals surface area contributed by atoms with E-state index in [2.05, 4.69) is 78.1 Å². The first-order valence-corrected chi connectivity index (χ1v) is 11.5. The first-order chi connectivity index (χ1) is 15.5. The van der Waals surface area contributed by atoms with Gasteiger partial charge in [0.15, 0.2) is 5.79 Å². The lowest BCUT2D eigenvalue weighted by Crippen LogP contribution is -2.52. The fourth-order valence-electron chi connectivity index (χ4n) is 4.48. The molecule has 3 aromatic carbocycles. The third kappa shape index (κ3) is 6.05. The maximum absolute atomic E-state index is 6.73. The average Bonchev–Trinajstić information content (AvgIpc) is 3.14. The van der Waals surface area contributed by atoms with E-state index in [0.29, 0.717) is 0 Å². The Morgan fingerprint density at radius 1 is 0.719 bits per heavy atom. The van der Waals surface area contributed by atoms with Gasteiger partial charge in [0.25, 0.3) is 0 Å². The van der Waals surface area contributed by atoms with Gasteiger partial charge in [0.05, 0.1) is 0 Å². The average molecular weight is 431 g/mol. The summed E-state index contributed by atoms with van der Waals surface area (Å²) < 4.78 is 12.9. The molecule has 1 heterocycles. The van der Waals surface area contributed by atoms with Gasteiger partial charge in [-0.25, -0.2) is 0 Å². The number of nitrogens with one attached hydrogen (secondary N) is 1. The van der Waals surface area contributed by atoms with Gasteiger partial charge in [-0.05, 0) is 43.4 Å². The molecule has 168 valence electrons. The number of ether oxygens (including phenoxy) is 2. The van der Waals surface area contributed by atoms with Crippen molar-refractivity contribution in [2.24, 2.45) is 5.73 Å². The molecule has 1 saturated heterocycles. The van der Waals surface area contributed by atoms with Gasteiger partial charge in [0, 0.05) is 18.6 Å². The molecule has 1 fully saturated rings. The number of benzene rings is 3. The van der Waals surface area contributed by atoms with Crippen LogP contribution in [-0.2, 0) is 28.9 Å². The van der Waals surface area contributed by atoms with E-state index in [1.54, 1.807) is 0 Å². The van der Waals surface area contributed by atoms with Crippen molar-refractivity contribution in [1.82, 2.24) is 5.32 Å². The molecule has 4 unspecified atom stereocenters. The first kappa shape index (κ1) is 22.7. The van der Waals surface area contributed by atoms with Crippen LogP contribution in [0.5, 0.6) is 0 Å². The summed E-state index contributed by atoms with van der Waals surface area (Å²) in [5.74, 6) is -0.674. The molecule has 0 amide bonds. The van der Waals surface area contributed by atoms with Crippen LogP contribution in [0, 0.1) is 0 Å². The Bertz CT molecular complexity index is 947. The highest BCUT2D eigenvalue weighted by molar-refractivity contribution is 5.20. The van der Waals surface area contributed by atoms with E-state index in [4.69, 9.17) is 15.2 Å². The lowest BCUT2D eigenvalue weighted by molar-refractivity contribution is -0.150. The SMILES string of the molecule is CC1(C)OC(C(N)Cc2ccccc2)C(C(Cc2ccccc2)NCc2ccccc2)O1. The van der Waals surface area contributed by atoms with Crippen molar-refractivity contribution in [1.29, 1.82) is 0 Å². The summed E-state index contributed by atoms with van der Waals surface area (Å²) in [5.41, 5.74) is 10.4. The minimum Gasteiger partial charge on any atom is -0.343 e. The van der Waals surface area contributed by atoms with Gasteiger partial charge in [-0.3, -0.25) is 0 Å². The highest BCUT2D eigenvalue weighted by Crippen LogP contribution is 2.33.